The monoisotopic (exact) mass is 326 g/mol. The molecule has 0 aliphatic carbocycles. The molecule has 24 heavy (non-hydrogen) atoms. The highest BCUT2D eigenvalue weighted by molar-refractivity contribution is 5.98. The number of rotatable bonds is 6. The van der Waals surface area contributed by atoms with E-state index in [1.807, 2.05) is 12.1 Å². The van der Waals surface area contributed by atoms with Crippen LogP contribution in [0.2, 0.25) is 0 Å². The lowest BCUT2D eigenvalue weighted by atomic mass is 10.2. The van der Waals surface area contributed by atoms with E-state index in [1.54, 1.807) is 23.1 Å². The van der Waals surface area contributed by atoms with Gasteiger partial charge in [0.1, 0.15) is 11.5 Å². The van der Waals surface area contributed by atoms with Gasteiger partial charge in [-0.05, 0) is 48.7 Å². The maximum atomic E-state index is 12.1. The first-order valence-electron chi connectivity index (χ1n) is 8.22. The Morgan fingerprint density at radius 1 is 1.21 bits per heavy atom. The fraction of sp³-hybridized carbons (Fsp3) is 0.316. The fourth-order valence-electron chi connectivity index (χ4n) is 2.70. The molecule has 2 aromatic rings. The molecular formula is C19H22N2O3. The molecule has 5 heteroatoms. The SMILES string of the molecule is CCc1ccc(OCCCN2C(=O)COc3ccc(N)cc32)cc1. The van der Waals surface area contributed by atoms with Gasteiger partial charge in [0.05, 0.1) is 12.3 Å². The molecule has 126 valence electrons. The predicted molar refractivity (Wildman–Crippen MR) is 94.6 cm³/mol. The van der Waals surface area contributed by atoms with Crippen molar-refractivity contribution in [1.29, 1.82) is 0 Å². The number of nitrogens with two attached hydrogens (primary N) is 1. The number of aryl methyl sites for hydroxylation is 1. The molecule has 0 saturated heterocycles. The van der Waals surface area contributed by atoms with Crippen molar-refractivity contribution in [2.75, 3.05) is 30.4 Å². The van der Waals surface area contributed by atoms with Crippen LogP contribution in [0.3, 0.4) is 0 Å². The van der Waals surface area contributed by atoms with Crippen LogP contribution >= 0.6 is 0 Å². The summed E-state index contributed by atoms with van der Waals surface area (Å²) in [5, 5.41) is 0. The third-order valence-corrected chi connectivity index (χ3v) is 4.05. The number of anilines is 2. The zero-order valence-corrected chi connectivity index (χ0v) is 13.8. The Hall–Kier alpha value is -2.69. The van der Waals surface area contributed by atoms with Crippen molar-refractivity contribution < 1.29 is 14.3 Å². The molecule has 0 saturated carbocycles. The summed E-state index contributed by atoms with van der Waals surface area (Å²) in [6.07, 6.45) is 1.75. The lowest BCUT2D eigenvalue weighted by Crippen LogP contribution is -2.39. The molecule has 5 nitrogen and oxygen atoms in total. The molecule has 3 rings (SSSR count). The van der Waals surface area contributed by atoms with Gasteiger partial charge in [0, 0.05) is 12.2 Å². The Morgan fingerprint density at radius 2 is 2.00 bits per heavy atom. The molecule has 0 fully saturated rings. The molecule has 1 heterocycles. The number of ether oxygens (including phenoxy) is 2. The number of carbonyl (C=O) groups is 1. The fourth-order valence-corrected chi connectivity index (χ4v) is 2.70. The van der Waals surface area contributed by atoms with Crippen LogP contribution in [0.25, 0.3) is 0 Å². The normalized spacial score (nSPS) is 13.4. The van der Waals surface area contributed by atoms with Crippen molar-refractivity contribution in [3.8, 4) is 11.5 Å². The van der Waals surface area contributed by atoms with Crippen LogP contribution in [0.5, 0.6) is 11.5 Å². The predicted octanol–water partition coefficient (Wildman–Crippen LogP) is 3.03. The summed E-state index contributed by atoms with van der Waals surface area (Å²) in [5.74, 6) is 1.49. The van der Waals surface area contributed by atoms with E-state index in [0.717, 1.165) is 24.3 Å². The van der Waals surface area contributed by atoms with Crippen LogP contribution in [0, 0.1) is 0 Å². The van der Waals surface area contributed by atoms with Gasteiger partial charge in [-0.2, -0.15) is 0 Å². The van der Waals surface area contributed by atoms with Crippen molar-refractivity contribution in [2.24, 2.45) is 0 Å². The minimum atomic E-state index is -0.0552. The lowest BCUT2D eigenvalue weighted by molar-refractivity contribution is -0.121. The van der Waals surface area contributed by atoms with E-state index in [0.29, 0.717) is 24.6 Å². The molecule has 0 bridgehead atoms. The maximum Gasteiger partial charge on any atom is 0.265 e. The molecule has 0 unspecified atom stereocenters. The number of nitrogens with zero attached hydrogens (tertiary/aromatic N) is 1. The zero-order chi connectivity index (χ0) is 16.9. The number of nitrogen functional groups attached to an aromatic ring is 1. The van der Waals surface area contributed by atoms with Crippen molar-refractivity contribution in [3.05, 3.63) is 48.0 Å². The minimum absolute atomic E-state index is 0.0552. The quantitative estimate of drug-likeness (QED) is 0.654. The minimum Gasteiger partial charge on any atom is -0.494 e. The molecule has 0 radical (unpaired) electrons. The van der Waals surface area contributed by atoms with Crippen LogP contribution in [0.4, 0.5) is 11.4 Å². The summed E-state index contributed by atoms with van der Waals surface area (Å²) in [6.45, 7) is 3.31. The van der Waals surface area contributed by atoms with E-state index >= 15 is 0 Å². The van der Waals surface area contributed by atoms with E-state index in [1.165, 1.54) is 5.56 Å². The van der Waals surface area contributed by atoms with Crippen LogP contribution in [-0.4, -0.2) is 25.7 Å². The van der Waals surface area contributed by atoms with Gasteiger partial charge in [0.15, 0.2) is 6.61 Å². The largest absolute Gasteiger partial charge is 0.494 e. The Labute approximate surface area is 142 Å². The first-order valence-corrected chi connectivity index (χ1v) is 8.22. The smallest absolute Gasteiger partial charge is 0.265 e. The molecule has 0 atom stereocenters. The second-order valence-corrected chi connectivity index (χ2v) is 5.76. The number of hydrogen-bond donors (Lipinski definition) is 1. The highest BCUT2D eigenvalue weighted by Gasteiger charge is 2.25. The summed E-state index contributed by atoms with van der Waals surface area (Å²) < 4.78 is 11.2. The second kappa shape index (κ2) is 7.25. The number of carbonyl (C=O) groups excluding carboxylic acids is 1. The number of fused-ring (bicyclic) bond motifs is 1. The van der Waals surface area contributed by atoms with Gasteiger partial charge in [-0.15, -0.1) is 0 Å². The third kappa shape index (κ3) is 3.62. The molecule has 2 aromatic carbocycles. The summed E-state index contributed by atoms with van der Waals surface area (Å²) in [4.78, 5) is 13.8. The van der Waals surface area contributed by atoms with E-state index in [2.05, 4.69) is 19.1 Å². The van der Waals surface area contributed by atoms with E-state index in [-0.39, 0.29) is 12.5 Å². The van der Waals surface area contributed by atoms with Gasteiger partial charge in [0.2, 0.25) is 0 Å². The summed E-state index contributed by atoms with van der Waals surface area (Å²) in [5.41, 5.74) is 8.46. The Balaban J connectivity index is 1.56. The van der Waals surface area contributed by atoms with Gasteiger partial charge < -0.3 is 20.1 Å². The number of hydrogen-bond acceptors (Lipinski definition) is 4. The van der Waals surface area contributed by atoms with E-state index < -0.39 is 0 Å². The average molecular weight is 326 g/mol. The molecular weight excluding hydrogens is 304 g/mol. The highest BCUT2D eigenvalue weighted by atomic mass is 16.5. The van der Waals surface area contributed by atoms with Gasteiger partial charge in [-0.25, -0.2) is 0 Å². The van der Waals surface area contributed by atoms with Crippen molar-refractivity contribution in [3.63, 3.8) is 0 Å². The molecule has 1 amide bonds. The van der Waals surface area contributed by atoms with Gasteiger partial charge >= 0.3 is 0 Å². The number of amides is 1. The standard InChI is InChI=1S/C19H22N2O3/c1-2-14-4-7-16(8-5-14)23-11-3-10-21-17-12-15(20)6-9-18(17)24-13-19(21)22/h4-9,12H,2-3,10-11,13,20H2,1H3. The van der Waals surface area contributed by atoms with Crippen LogP contribution in [0.15, 0.2) is 42.5 Å². The zero-order valence-electron chi connectivity index (χ0n) is 13.8. The topological polar surface area (TPSA) is 64.8 Å². The van der Waals surface area contributed by atoms with Crippen molar-refractivity contribution >= 4 is 17.3 Å². The molecule has 2 N–H and O–H groups in total. The molecule has 1 aliphatic rings. The van der Waals surface area contributed by atoms with Crippen LogP contribution in [0.1, 0.15) is 18.9 Å². The van der Waals surface area contributed by atoms with Crippen molar-refractivity contribution in [2.45, 2.75) is 19.8 Å². The first kappa shape index (κ1) is 16.2. The van der Waals surface area contributed by atoms with E-state index in [9.17, 15) is 4.79 Å². The Bertz CT molecular complexity index is 713. The average Bonchev–Trinajstić information content (AvgIpc) is 2.60. The molecule has 0 spiro atoms. The van der Waals surface area contributed by atoms with Crippen LogP contribution in [-0.2, 0) is 11.2 Å². The third-order valence-electron chi connectivity index (χ3n) is 4.05. The lowest BCUT2D eigenvalue weighted by Gasteiger charge is -2.29. The maximum absolute atomic E-state index is 12.1. The van der Waals surface area contributed by atoms with E-state index in [4.69, 9.17) is 15.2 Å². The van der Waals surface area contributed by atoms with Crippen LogP contribution < -0.4 is 20.1 Å². The summed E-state index contributed by atoms with van der Waals surface area (Å²) in [7, 11) is 0. The molecule has 0 aromatic heterocycles. The molecule has 1 aliphatic heterocycles. The summed E-state index contributed by atoms with van der Waals surface area (Å²) in [6, 6.07) is 13.5. The van der Waals surface area contributed by atoms with Crippen molar-refractivity contribution in [1.82, 2.24) is 0 Å². The van der Waals surface area contributed by atoms with Gasteiger partial charge in [-0.3, -0.25) is 4.79 Å². The first-order chi connectivity index (χ1) is 11.7. The Morgan fingerprint density at radius 3 is 2.75 bits per heavy atom. The number of benzene rings is 2. The highest BCUT2D eigenvalue weighted by Crippen LogP contribution is 2.33. The van der Waals surface area contributed by atoms with Gasteiger partial charge in [-0.1, -0.05) is 19.1 Å². The van der Waals surface area contributed by atoms with Gasteiger partial charge in [0.25, 0.3) is 5.91 Å². The second-order valence-electron chi connectivity index (χ2n) is 5.76. The Kier molecular flexibility index (Phi) is 4.89. The summed E-state index contributed by atoms with van der Waals surface area (Å²) >= 11 is 0.